The third kappa shape index (κ3) is 3.72. The number of aromatic amines is 1. The van der Waals surface area contributed by atoms with Gasteiger partial charge in [-0.05, 0) is 61.1 Å². The zero-order valence-electron chi connectivity index (χ0n) is 15.7. The number of fused-ring (bicyclic) bond motifs is 2. The third-order valence-electron chi connectivity index (χ3n) is 6.33. The molecule has 1 aromatic heterocycles. The van der Waals surface area contributed by atoms with E-state index in [4.69, 9.17) is 4.74 Å². The fraction of sp³-hybridized carbons (Fsp3) is 0.435. The van der Waals surface area contributed by atoms with Crippen molar-refractivity contribution < 1.29 is 4.74 Å². The Bertz CT molecular complexity index is 901. The van der Waals surface area contributed by atoms with Crippen molar-refractivity contribution in [1.29, 1.82) is 0 Å². The number of nitrogens with one attached hydrogen (secondary N) is 1. The Labute approximate surface area is 160 Å². The van der Waals surface area contributed by atoms with Gasteiger partial charge in [-0.15, -0.1) is 0 Å². The van der Waals surface area contributed by atoms with Gasteiger partial charge in [0.25, 0.3) is 0 Å². The number of hydrogen-bond donors (Lipinski definition) is 1. The van der Waals surface area contributed by atoms with Crippen LogP contribution in [0.5, 0.6) is 11.5 Å². The molecule has 4 heteroatoms. The summed E-state index contributed by atoms with van der Waals surface area (Å²) >= 11 is 0. The molecule has 4 nitrogen and oxygen atoms in total. The van der Waals surface area contributed by atoms with Gasteiger partial charge in [0.05, 0.1) is 17.4 Å². The Morgan fingerprint density at radius 3 is 2.67 bits per heavy atom. The van der Waals surface area contributed by atoms with Crippen LogP contribution in [-0.4, -0.2) is 28.0 Å². The molecule has 140 valence electrons. The molecule has 0 bridgehead atoms. The van der Waals surface area contributed by atoms with Crippen LogP contribution in [0.25, 0.3) is 11.0 Å². The highest BCUT2D eigenvalue weighted by Crippen LogP contribution is 2.36. The van der Waals surface area contributed by atoms with Gasteiger partial charge in [0.2, 0.25) is 0 Å². The molecule has 1 aliphatic heterocycles. The van der Waals surface area contributed by atoms with Crippen molar-refractivity contribution >= 4 is 11.0 Å². The zero-order chi connectivity index (χ0) is 18.1. The van der Waals surface area contributed by atoms with Gasteiger partial charge in [0, 0.05) is 19.2 Å². The zero-order valence-corrected chi connectivity index (χ0v) is 15.7. The van der Waals surface area contributed by atoms with Gasteiger partial charge in [-0.1, -0.05) is 31.4 Å². The maximum Gasteiger partial charge on any atom is 0.129 e. The number of nitrogens with zero attached hydrogens (tertiary/aromatic N) is 2. The van der Waals surface area contributed by atoms with Crippen LogP contribution in [0, 0.1) is 11.8 Å². The molecule has 1 saturated carbocycles. The van der Waals surface area contributed by atoms with E-state index in [0.717, 1.165) is 40.9 Å². The normalized spacial score (nSPS) is 23.3. The molecule has 1 N–H and O–H groups in total. The predicted molar refractivity (Wildman–Crippen MR) is 108 cm³/mol. The lowest BCUT2D eigenvalue weighted by molar-refractivity contribution is 0.0820. The van der Waals surface area contributed by atoms with E-state index in [1.54, 1.807) is 6.33 Å². The minimum Gasteiger partial charge on any atom is -0.457 e. The number of rotatable bonds is 4. The summed E-state index contributed by atoms with van der Waals surface area (Å²) in [5.41, 5.74) is 3.33. The summed E-state index contributed by atoms with van der Waals surface area (Å²) in [4.78, 5) is 10.0. The summed E-state index contributed by atoms with van der Waals surface area (Å²) in [6.07, 6.45) is 8.89. The van der Waals surface area contributed by atoms with E-state index in [9.17, 15) is 0 Å². The van der Waals surface area contributed by atoms with Crippen LogP contribution in [0.1, 0.15) is 37.7 Å². The van der Waals surface area contributed by atoms with E-state index in [1.807, 2.05) is 18.2 Å². The van der Waals surface area contributed by atoms with Crippen LogP contribution < -0.4 is 4.74 Å². The van der Waals surface area contributed by atoms with Crippen molar-refractivity contribution in [2.75, 3.05) is 13.1 Å². The second-order valence-corrected chi connectivity index (χ2v) is 8.16. The second-order valence-electron chi connectivity index (χ2n) is 8.16. The summed E-state index contributed by atoms with van der Waals surface area (Å²) in [6.45, 7) is 3.60. The quantitative estimate of drug-likeness (QED) is 0.679. The SMILES string of the molecule is c1nc2ccc(Oc3ccc(CN4CCC5CCCCC5C4)cc3)cc2[nH]1. The summed E-state index contributed by atoms with van der Waals surface area (Å²) in [5, 5.41) is 0. The molecule has 1 saturated heterocycles. The number of benzene rings is 2. The standard InChI is InChI=1S/C23H27N3O/c1-2-4-19-15-26(12-11-18(19)3-1)14-17-5-7-20(8-6-17)27-21-9-10-22-23(13-21)25-16-24-22/h5-10,13,16,18-19H,1-4,11-12,14-15H2,(H,24,25). The van der Waals surface area contributed by atoms with Crippen LogP contribution in [0.15, 0.2) is 48.8 Å². The highest BCUT2D eigenvalue weighted by Gasteiger charge is 2.30. The van der Waals surface area contributed by atoms with Crippen molar-refractivity contribution in [3.63, 3.8) is 0 Å². The molecular weight excluding hydrogens is 334 g/mol. The number of piperidine rings is 1. The average Bonchev–Trinajstić information content (AvgIpc) is 3.17. The largest absolute Gasteiger partial charge is 0.457 e. The van der Waals surface area contributed by atoms with E-state index in [2.05, 4.69) is 39.1 Å². The van der Waals surface area contributed by atoms with Crippen LogP contribution in [-0.2, 0) is 6.54 Å². The van der Waals surface area contributed by atoms with Gasteiger partial charge in [-0.2, -0.15) is 0 Å². The average molecular weight is 361 g/mol. The minimum absolute atomic E-state index is 0.832. The molecule has 5 rings (SSSR count). The summed E-state index contributed by atoms with van der Waals surface area (Å²) in [5.74, 6) is 3.65. The maximum absolute atomic E-state index is 6.01. The molecule has 2 fully saturated rings. The molecule has 2 heterocycles. The maximum atomic E-state index is 6.01. The first-order chi connectivity index (χ1) is 13.3. The number of likely N-dealkylation sites (tertiary alicyclic amines) is 1. The Morgan fingerprint density at radius 2 is 1.78 bits per heavy atom. The van der Waals surface area contributed by atoms with Crippen LogP contribution in [0.2, 0.25) is 0 Å². The number of H-pyrrole nitrogens is 1. The smallest absolute Gasteiger partial charge is 0.129 e. The molecular formula is C23H27N3O. The van der Waals surface area contributed by atoms with Crippen molar-refractivity contribution in [2.24, 2.45) is 11.8 Å². The van der Waals surface area contributed by atoms with Gasteiger partial charge in [-0.25, -0.2) is 4.98 Å². The van der Waals surface area contributed by atoms with Gasteiger partial charge in [-0.3, -0.25) is 4.90 Å². The number of hydrogen-bond acceptors (Lipinski definition) is 3. The van der Waals surface area contributed by atoms with E-state index in [0.29, 0.717) is 0 Å². The fourth-order valence-electron chi connectivity index (χ4n) is 4.86. The van der Waals surface area contributed by atoms with Crippen molar-refractivity contribution in [3.8, 4) is 11.5 Å². The van der Waals surface area contributed by atoms with Crippen molar-refractivity contribution in [2.45, 2.75) is 38.6 Å². The highest BCUT2D eigenvalue weighted by molar-refractivity contribution is 5.76. The lowest BCUT2D eigenvalue weighted by Crippen LogP contribution is -2.41. The molecule has 3 aromatic rings. The lowest BCUT2D eigenvalue weighted by atomic mass is 9.75. The van der Waals surface area contributed by atoms with Crippen molar-refractivity contribution in [3.05, 3.63) is 54.4 Å². The second kappa shape index (κ2) is 7.35. The van der Waals surface area contributed by atoms with Crippen LogP contribution >= 0.6 is 0 Å². The topological polar surface area (TPSA) is 41.1 Å². The molecule has 27 heavy (non-hydrogen) atoms. The van der Waals surface area contributed by atoms with Crippen molar-refractivity contribution in [1.82, 2.24) is 14.9 Å². The van der Waals surface area contributed by atoms with Gasteiger partial charge >= 0.3 is 0 Å². The fourth-order valence-corrected chi connectivity index (χ4v) is 4.86. The van der Waals surface area contributed by atoms with Gasteiger partial charge in [0.1, 0.15) is 11.5 Å². The van der Waals surface area contributed by atoms with Crippen LogP contribution in [0.4, 0.5) is 0 Å². The van der Waals surface area contributed by atoms with Crippen LogP contribution in [0.3, 0.4) is 0 Å². The first-order valence-electron chi connectivity index (χ1n) is 10.3. The van der Waals surface area contributed by atoms with E-state index >= 15 is 0 Å². The molecule has 2 aliphatic rings. The third-order valence-corrected chi connectivity index (χ3v) is 6.33. The molecule has 1 aliphatic carbocycles. The predicted octanol–water partition coefficient (Wildman–Crippen LogP) is 5.37. The lowest BCUT2D eigenvalue weighted by Gasteiger charge is -2.41. The number of aromatic nitrogens is 2. The summed E-state index contributed by atoms with van der Waals surface area (Å²) in [6, 6.07) is 14.5. The van der Waals surface area contributed by atoms with Gasteiger partial charge < -0.3 is 9.72 Å². The van der Waals surface area contributed by atoms with Gasteiger partial charge in [0.15, 0.2) is 0 Å². The number of ether oxygens (including phenoxy) is 1. The first kappa shape index (κ1) is 16.8. The first-order valence-corrected chi connectivity index (χ1v) is 10.3. The summed E-state index contributed by atoms with van der Waals surface area (Å²) < 4.78 is 6.01. The Balaban J connectivity index is 1.21. The molecule has 2 atom stereocenters. The Kier molecular flexibility index (Phi) is 4.58. The summed E-state index contributed by atoms with van der Waals surface area (Å²) in [7, 11) is 0. The Morgan fingerprint density at radius 1 is 0.963 bits per heavy atom. The molecule has 0 radical (unpaired) electrons. The molecule has 0 spiro atoms. The van der Waals surface area contributed by atoms with E-state index in [-0.39, 0.29) is 0 Å². The molecule has 0 amide bonds. The molecule has 2 aromatic carbocycles. The van der Waals surface area contributed by atoms with E-state index in [1.165, 1.54) is 50.8 Å². The molecule has 2 unspecified atom stereocenters. The monoisotopic (exact) mass is 361 g/mol. The highest BCUT2D eigenvalue weighted by atomic mass is 16.5. The number of imidazole rings is 1. The van der Waals surface area contributed by atoms with E-state index < -0.39 is 0 Å². The minimum atomic E-state index is 0.832. The Hall–Kier alpha value is -2.33.